The third-order valence-electron chi connectivity index (χ3n) is 6.50. The van der Waals surface area contributed by atoms with Gasteiger partial charge in [-0.15, -0.1) is 5.10 Å². The Morgan fingerprint density at radius 1 is 0.893 bits per heavy atom. The molecule has 0 radical (unpaired) electrons. The Kier molecular flexibility index (Phi) is 4.20. The van der Waals surface area contributed by atoms with Crippen LogP contribution in [0.15, 0.2) is 42.7 Å². The minimum atomic E-state index is 0.0935. The molecule has 2 saturated heterocycles. The van der Waals surface area contributed by atoms with E-state index in [-0.39, 0.29) is 5.41 Å². The summed E-state index contributed by atoms with van der Waals surface area (Å²) < 4.78 is 0. The number of piperidine rings is 1. The van der Waals surface area contributed by atoms with Crippen LogP contribution < -0.4 is 0 Å². The van der Waals surface area contributed by atoms with E-state index in [0.29, 0.717) is 0 Å². The van der Waals surface area contributed by atoms with Crippen LogP contribution >= 0.6 is 0 Å². The molecule has 2 aromatic heterocycles. The second kappa shape index (κ2) is 6.74. The summed E-state index contributed by atoms with van der Waals surface area (Å²) in [7, 11) is 0. The monoisotopic (exact) mass is 371 g/mol. The molecule has 0 amide bonds. The van der Waals surface area contributed by atoms with Gasteiger partial charge in [-0.05, 0) is 69.0 Å². The van der Waals surface area contributed by atoms with Crippen molar-refractivity contribution >= 4 is 0 Å². The lowest BCUT2D eigenvalue weighted by Crippen LogP contribution is -2.38. The van der Waals surface area contributed by atoms with Crippen molar-refractivity contribution in [1.29, 1.82) is 0 Å². The largest absolute Gasteiger partial charge is 0.302 e. The molecule has 0 saturated carbocycles. The van der Waals surface area contributed by atoms with E-state index in [1.165, 1.54) is 30.5 Å². The normalized spacial score (nSPS) is 23.7. The van der Waals surface area contributed by atoms with Gasteiger partial charge in [-0.3, -0.25) is 0 Å². The van der Waals surface area contributed by atoms with Crippen LogP contribution in [0.25, 0.3) is 22.4 Å². The van der Waals surface area contributed by atoms with Crippen LogP contribution in [0.3, 0.4) is 0 Å². The molecule has 2 bridgehead atoms. The fraction of sp³-hybridized carbons (Fsp3) is 0.391. The van der Waals surface area contributed by atoms with Gasteiger partial charge in [0.15, 0.2) is 0 Å². The summed E-state index contributed by atoms with van der Waals surface area (Å²) in [5, 5.41) is 17.9. The van der Waals surface area contributed by atoms with Crippen molar-refractivity contribution in [3.05, 3.63) is 59.5 Å². The number of nitrogens with zero attached hydrogens (tertiary/aromatic N) is 5. The van der Waals surface area contributed by atoms with Crippen molar-refractivity contribution in [2.75, 3.05) is 19.6 Å². The highest BCUT2D eigenvalue weighted by Gasteiger charge is 2.45. The summed E-state index contributed by atoms with van der Waals surface area (Å²) in [6.07, 6.45) is 7.19. The van der Waals surface area contributed by atoms with Crippen molar-refractivity contribution in [1.82, 2.24) is 25.3 Å². The van der Waals surface area contributed by atoms with Gasteiger partial charge in [0.2, 0.25) is 0 Å². The SMILES string of the molecule is Cc1ccccc1-c1c(C)cnnc1-c1ccnnc1C12CCCN(CC1)C2. The third kappa shape index (κ3) is 2.73. The van der Waals surface area contributed by atoms with Gasteiger partial charge >= 0.3 is 0 Å². The summed E-state index contributed by atoms with van der Waals surface area (Å²) >= 11 is 0. The summed E-state index contributed by atoms with van der Waals surface area (Å²) in [4.78, 5) is 2.56. The molecule has 2 unspecified atom stereocenters. The molecule has 0 N–H and O–H groups in total. The first kappa shape index (κ1) is 17.4. The molecule has 0 spiro atoms. The fourth-order valence-corrected chi connectivity index (χ4v) is 5.08. The first-order chi connectivity index (χ1) is 13.7. The minimum absolute atomic E-state index is 0.0935. The van der Waals surface area contributed by atoms with Crippen LogP contribution in [0.1, 0.15) is 36.1 Å². The van der Waals surface area contributed by atoms with Crippen molar-refractivity contribution in [3.63, 3.8) is 0 Å². The molecule has 0 aliphatic carbocycles. The van der Waals surface area contributed by atoms with Gasteiger partial charge in [0.05, 0.1) is 18.1 Å². The van der Waals surface area contributed by atoms with Gasteiger partial charge in [0.1, 0.15) is 5.69 Å². The second-order valence-corrected chi connectivity index (χ2v) is 8.27. The van der Waals surface area contributed by atoms with E-state index in [1.807, 2.05) is 6.20 Å². The van der Waals surface area contributed by atoms with Crippen molar-refractivity contribution in [2.24, 2.45) is 0 Å². The molecule has 5 heteroatoms. The number of benzene rings is 1. The smallest absolute Gasteiger partial charge is 0.103 e. The summed E-state index contributed by atoms with van der Waals surface area (Å²) in [6.45, 7) is 7.71. The average molecular weight is 371 g/mol. The predicted molar refractivity (Wildman–Crippen MR) is 110 cm³/mol. The van der Waals surface area contributed by atoms with Gasteiger partial charge in [0.25, 0.3) is 0 Å². The number of aryl methyl sites for hydroxylation is 2. The number of hydrogen-bond donors (Lipinski definition) is 0. The van der Waals surface area contributed by atoms with Gasteiger partial charge in [0, 0.05) is 23.1 Å². The zero-order chi connectivity index (χ0) is 19.1. The highest BCUT2D eigenvalue weighted by Crippen LogP contribution is 2.45. The Morgan fingerprint density at radius 3 is 2.68 bits per heavy atom. The lowest BCUT2D eigenvalue weighted by atomic mass is 9.75. The van der Waals surface area contributed by atoms with Gasteiger partial charge in [-0.2, -0.15) is 15.3 Å². The Bertz CT molecular complexity index is 1030. The molecule has 1 aromatic carbocycles. The molecule has 5 rings (SSSR count). The molecule has 2 fully saturated rings. The number of aromatic nitrogens is 4. The molecule has 5 nitrogen and oxygen atoms in total. The molecule has 2 aliphatic heterocycles. The Hall–Kier alpha value is -2.66. The fourth-order valence-electron chi connectivity index (χ4n) is 5.08. The second-order valence-electron chi connectivity index (χ2n) is 8.27. The molecule has 2 atom stereocenters. The first-order valence-electron chi connectivity index (χ1n) is 10.1. The van der Waals surface area contributed by atoms with Gasteiger partial charge in [-0.1, -0.05) is 24.3 Å². The van der Waals surface area contributed by atoms with E-state index in [4.69, 9.17) is 5.10 Å². The molecular weight excluding hydrogens is 346 g/mol. The van der Waals surface area contributed by atoms with Crippen molar-refractivity contribution in [2.45, 2.75) is 38.5 Å². The zero-order valence-electron chi connectivity index (χ0n) is 16.5. The first-order valence-corrected chi connectivity index (χ1v) is 10.1. The summed E-state index contributed by atoms with van der Waals surface area (Å²) in [6, 6.07) is 10.6. The number of fused-ring (bicyclic) bond motifs is 2. The quantitative estimate of drug-likeness (QED) is 0.698. The van der Waals surface area contributed by atoms with Crippen LogP contribution in [-0.4, -0.2) is 44.9 Å². The predicted octanol–water partition coefficient (Wildman–Crippen LogP) is 3.95. The summed E-state index contributed by atoms with van der Waals surface area (Å²) in [5.41, 5.74) is 7.96. The third-order valence-corrected chi connectivity index (χ3v) is 6.50. The Balaban J connectivity index is 1.73. The van der Waals surface area contributed by atoms with E-state index < -0.39 is 0 Å². The highest BCUT2D eigenvalue weighted by molar-refractivity contribution is 5.85. The molecular formula is C23H25N5. The maximum absolute atomic E-state index is 4.69. The van der Waals surface area contributed by atoms with Crippen LogP contribution in [-0.2, 0) is 5.41 Å². The minimum Gasteiger partial charge on any atom is -0.302 e. The van der Waals surface area contributed by atoms with E-state index in [9.17, 15) is 0 Å². The maximum atomic E-state index is 4.69. The molecule has 2 aliphatic rings. The maximum Gasteiger partial charge on any atom is 0.103 e. The van der Waals surface area contributed by atoms with E-state index in [1.54, 1.807) is 6.20 Å². The molecule has 4 heterocycles. The van der Waals surface area contributed by atoms with Crippen LogP contribution in [0.2, 0.25) is 0 Å². The highest BCUT2D eigenvalue weighted by atomic mass is 15.2. The molecule has 3 aromatic rings. The lowest BCUT2D eigenvalue weighted by molar-refractivity contribution is 0.239. The van der Waals surface area contributed by atoms with E-state index in [2.05, 4.69) is 64.4 Å². The average Bonchev–Trinajstić information content (AvgIpc) is 3.03. The molecule has 142 valence electrons. The standard InChI is InChI=1S/C23H25N5/c1-16-6-3-4-7-18(16)20-17(2)14-25-26-21(20)19-8-11-24-27-22(19)23-9-5-12-28(15-23)13-10-23/h3-4,6-8,11,14H,5,9-10,12-13,15H2,1-2H3. The van der Waals surface area contributed by atoms with E-state index in [0.717, 1.165) is 47.6 Å². The number of hydrogen-bond acceptors (Lipinski definition) is 5. The van der Waals surface area contributed by atoms with Crippen molar-refractivity contribution in [3.8, 4) is 22.4 Å². The Labute approximate surface area is 165 Å². The number of rotatable bonds is 3. The van der Waals surface area contributed by atoms with Crippen LogP contribution in [0, 0.1) is 13.8 Å². The lowest BCUT2D eigenvalue weighted by Gasteiger charge is -2.34. The van der Waals surface area contributed by atoms with Crippen LogP contribution in [0.4, 0.5) is 0 Å². The van der Waals surface area contributed by atoms with Gasteiger partial charge in [-0.25, -0.2) is 0 Å². The zero-order valence-corrected chi connectivity index (χ0v) is 16.5. The Morgan fingerprint density at radius 2 is 1.79 bits per heavy atom. The van der Waals surface area contributed by atoms with Crippen molar-refractivity contribution < 1.29 is 0 Å². The van der Waals surface area contributed by atoms with E-state index >= 15 is 0 Å². The summed E-state index contributed by atoms with van der Waals surface area (Å²) in [5.74, 6) is 0. The molecule has 28 heavy (non-hydrogen) atoms. The van der Waals surface area contributed by atoms with Gasteiger partial charge < -0.3 is 4.90 Å². The van der Waals surface area contributed by atoms with Crippen LogP contribution in [0.5, 0.6) is 0 Å². The topological polar surface area (TPSA) is 54.8 Å².